The number of para-hydroxylation sites is 1. The molecule has 36 heavy (non-hydrogen) atoms. The fraction of sp³-hybridized carbons (Fsp3) is 0.286. The lowest BCUT2D eigenvalue weighted by Gasteiger charge is -2.34. The summed E-state index contributed by atoms with van der Waals surface area (Å²) in [4.78, 5) is 39.9. The minimum absolute atomic E-state index is 0.120. The van der Waals surface area contributed by atoms with Gasteiger partial charge in [-0.05, 0) is 44.0 Å². The van der Waals surface area contributed by atoms with Gasteiger partial charge < -0.3 is 10.2 Å². The first-order valence-electron chi connectivity index (χ1n) is 11.7. The zero-order chi connectivity index (χ0) is 26.3. The van der Waals surface area contributed by atoms with Crippen LogP contribution in [0.5, 0.6) is 0 Å². The summed E-state index contributed by atoms with van der Waals surface area (Å²) in [6, 6.07) is 21.9. The molecule has 0 unspecified atom stereocenters. The molecule has 1 N–H and O–H groups in total. The Morgan fingerprint density at radius 3 is 2.25 bits per heavy atom. The zero-order valence-electron chi connectivity index (χ0n) is 20.6. The Kier molecular flexibility index (Phi) is 8.83. The summed E-state index contributed by atoms with van der Waals surface area (Å²) in [6.45, 7) is 5.75. The topological polar surface area (TPSA) is 92.6 Å². The molecular formula is C28H30ClN3O4. The van der Waals surface area contributed by atoms with E-state index in [1.54, 1.807) is 36.4 Å². The number of hydrogen-bond acceptors (Lipinski definition) is 4. The minimum atomic E-state index is -0.846. The van der Waals surface area contributed by atoms with E-state index in [0.717, 1.165) is 11.1 Å². The van der Waals surface area contributed by atoms with Crippen LogP contribution in [-0.2, 0) is 29.0 Å². The van der Waals surface area contributed by atoms with Gasteiger partial charge in [-0.3, -0.25) is 19.7 Å². The molecule has 8 heteroatoms. The smallest absolute Gasteiger partial charge is 0.273 e. The second-order valence-electron chi connectivity index (χ2n) is 9.66. The van der Waals surface area contributed by atoms with Gasteiger partial charge >= 0.3 is 0 Å². The van der Waals surface area contributed by atoms with Crippen LogP contribution in [0.2, 0.25) is 5.02 Å². The van der Waals surface area contributed by atoms with Crippen molar-refractivity contribution in [3.05, 3.63) is 111 Å². The number of halogens is 1. The van der Waals surface area contributed by atoms with E-state index in [1.165, 1.54) is 11.0 Å². The van der Waals surface area contributed by atoms with Crippen LogP contribution >= 0.6 is 11.6 Å². The molecular weight excluding hydrogens is 478 g/mol. The number of carbonyl (C=O) groups is 2. The van der Waals surface area contributed by atoms with Crippen molar-refractivity contribution >= 4 is 29.1 Å². The van der Waals surface area contributed by atoms with E-state index in [4.69, 9.17) is 11.6 Å². The highest BCUT2D eigenvalue weighted by Crippen LogP contribution is 2.22. The average Bonchev–Trinajstić information content (AvgIpc) is 2.81. The molecule has 0 radical (unpaired) electrons. The Labute approximate surface area is 216 Å². The monoisotopic (exact) mass is 507 g/mol. The highest BCUT2D eigenvalue weighted by molar-refractivity contribution is 6.30. The molecule has 0 aliphatic heterocycles. The summed E-state index contributed by atoms with van der Waals surface area (Å²) < 4.78 is 0. The zero-order valence-corrected chi connectivity index (χ0v) is 21.4. The van der Waals surface area contributed by atoms with Crippen molar-refractivity contribution in [2.24, 2.45) is 0 Å². The lowest BCUT2D eigenvalue weighted by Crippen LogP contribution is -2.54. The molecule has 188 valence electrons. The summed E-state index contributed by atoms with van der Waals surface area (Å²) in [6.07, 6.45) is 0.0672. The van der Waals surface area contributed by atoms with E-state index in [2.05, 4.69) is 5.32 Å². The van der Waals surface area contributed by atoms with Crippen molar-refractivity contribution in [1.82, 2.24) is 10.2 Å². The Morgan fingerprint density at radius 2 is 1.61 bits per heavy atom. The lowest BCUT2D eigenvalue weighted by atomic mass is 9.99. The molecule has 0 bridgehead atoms. The molecule has 0 aromatic heterocycles. The predicted molar refractivity (Wildman–Crippen MR) is 141 cm³/mol. The Morgan fingerprint density at radius 1 is 0.972 bits per heavy atom. The summed E-state index contributed by atoms with van der Waals surface area (Å²) in [7, 11) is 0. The second kappa shape index (κ2) is 11.8. The van der Waals surface area contributed by atoms with E-state index in [9.17, 15) is 19.7 Å². The molecule has 0 fully saturated rings. The molecule has 7 nitrogen and oxygen atoms in total. The summed E-state index contributed by atoms with van der Waals surface area (Å²) >= 11 is 6.19. The first-order chi connectivity index (χ1) is 17.0. The van der Waals surface area contributed by atoms with Crippen LogP contribution in [0.3, 0.4) is 0 Å². The highest BCUT2D eigenvalue weighted by atomic mass is 35.5. The second-order valence-corrected chi connectivity index (χ2v) is 10.1. The van der Waals surface area contributed by atoms with Crippen LogP contribution in [0, 0.1) is 10.1 Å². The molecule has 0 aliphatic carbocycles. The van der Waals surface area contributed by atoms with E-state index < -0.39 is 22.4 Å². The van der Waals surface area contributed by atoms with Crippen LogP contribution < -0.4 is 5.32 Å². The molecule has 0 saturated heterocycles. The molecule has 3 aromatic rings. The maximum Gasteiger partial charge on any atom is 0.273 e. The van der Waals surface area contributed by atoms with Gasteiger partial charge in [0.15, 0.2) is 0 Å². The molecule has 3 aromatic carbocycles. The van der Waals surface area contributed by atoms with E-state index >= 15 is 0 Å². The molecule has 0 spiro atoms. The number of hydrogen-bond donors (Lipinski definition) is 1. The number of nitrogens with zero attached hydrogens (tertiary/aromatic N) is 2. The number of nitro groups is 1. The van der Waals surface area contributed by atoms with Crippen LogP contribution in [0.1, 0.15) is 37.5 Å². The lowest BCUT2D eigenvalue weighted by molar-refractivity contribution is -0.385. The Hall–Kier alpha value is -3.71. The third-order valence-electron chi connectivity index (χ3n) is 5.54. The molecule has 3 rings (SSSR count). The van der Waals surface area contributed by atoms with Gasteiger partial charge in [0.1, 0.15) is 6.04 Å². The van der Waals surface area contributed by atoms with Crippen molar-refractivity contribution < 1.29 is 14.5 Å². The fourth-order valence-electron chi connectivity index (χ4n) is 3.94. The van der Waals surface area contributed by atoms with Crippen LogP contribution in [0.4, 0.5) is 5.69 Å². The quantitative estimate of drug-likeness (QED) is 0.312. The van der Waals surface area contributed by atoms with Gasteiger partial charge in [0.05, 0.1) is 11.3 Å². The maximum atomic E-state index is 13.8. The third kappa shape index (κ3) is 7.65. The van der Waals surface area contributed by atoms with Crippen molar-refractivity contribution in [2.45, 2.75) is 51.7 Å². The van der Waals surface area contributed by atoms with Gasteiger partial charge in [-0.2, -0.15) is 0 Å². The first-order valence-corrected chi connectivity index (χ1v) is 12.0. The van der Waals surface area contributed by atoms with Gasteiger partial charge in [0.25, 0.3) is 5.69 Å². The van der Waals surface area contributed by atoms with E-state index in [1.807, 2.05) is 57.2 Å². The van der Waals surface area contributed by atoms with Crippen molar-refractivity contribution in [1.29, 1.82) is 0 Å². The van der Waals surface area contributed by atoms with E-state index in [-0.39, 0.29) is 31.0 Å². The summed E-state index contributed by atoms with van der Waals surface area (Å²) in [5.41, 5.74) is 1.28. The molecule has 0 saturated carbocycles. The normalized spacial score (nSPS) is 12.0. The Bertz CT molecular complexity index is 1220. The average molecular weight is 508 g/mol. The van der Waals surface area contributed by atoms with Crippen LogP contribution in [0.25, 0.3) is 0 Å². The predicted octanol–water partition coefficient (Wildman–Crippen LogP) is 5.35. The van der Waals surface area contributed by atoms with Gasteiger partial charge in [-0.25, -0.2) is 0 Å². The largest absolute Gasteiger partial charge is 0.350 e. The molecule has 0 aliphatic rings. The van der Waals surface area contributed by atoms with Crippen molar-refractivity contribution in [2.75, 3.05) is 0 Å². The van der Waals surface area contributed by atoms with Gasteiger partial charge in [0.2, 0.25) is 11.8 Å². The standard InChI is InChI=1S/C28H30ClN3O4/c1-28(2,3)30-27(34)25(17-20-10-5-4-6-11-20)31(19-21-12-9-14-23(29)16-21)26(33)18-22-13-7-8-15-24(22)32(35)36/h4-16,25H,17-19H2,1-3H3,(H,30,34)/t25-/m1/s1. The number of nitrogens with one attached hydrogen (secondary N) is 1. The van der Waals surface area contributed by atoms with Crippen LogP contribution in [-0.4, -0.2) is 33.2 Å². The molecule has 2 amide bonds. The third-order valence-corrected chi connectivity index (χ3v) is 5.78. The maximum absolute atomic E-state index is 13.8. The minimum Gasteiger partial charge on any atom is -0.350 e. The first kappa shape index (κ1) is 26.9. The molecule has 0 heterocycles. The molecule has 1 atom stereocenters. The number of carbonyl (C=O) groups excluding carboxylic acids is 2. The fourth-order valence-corrected chi connectivity index (χ4v) is 4.15. The highest BCUT2D eigenvalue weighted by Gasteiger charge is 2.33. The van der Waals surface area contributed by atoms with Crippen molar-refractivity contribution in [3.63, 3.8) is 0 Å². The van der Waals surface area contributed by atoms with Crippen molar-refractivity contribution in [3.8, 4) is 0 Å². The number of nitro benzene ring substituents is 1. The Balaban J connectivity index is 2.03. The van der Waals surface area contributed by atoms with Gasteiger partial charge in [-0.1, -0.05) is 72.3 Å². The number of amides is 2. The number of benzene rings is 3. The SMILES string of the molecule is CC(C)(C)NC(=O)[C@@H](Cc1ccccc1)N(Cc1cccc(Cl)c1)C(=O)Cc1ccccc1[N+](=O)[O-]. The van der Waals surface area contributed by atoms with E-state index in [0.29, 0.717) is 10.6 Å². The van der Waals surface area contributed by atoms with Crippen LogP contribution in [0.15, 0.2) is 78.9 Å². The van der Waals surface area contributed by atoms with Gasteiger partial charge in [-0.15, -0.1) is 0 Å². The summed E-state index contributed by atoms with van der Waals surface area (Å²) in [5, 5.41) is 15.1. The van der Waals surface area contributed by atoms with Gasteiger partial charge in [0, 0.05) is 35.2 Å². The summed E-state index contributed by atoms with van der Waals surface area (Å²) in [5.74, 6) is -0.696. The number of rotatable bonds is 9.